The lowest BCUT2D eigenvalue weighted by atomic mass is 10.0. The Bertz CT molecular complexity index is 1230. The SMILES string of the molecule is CCCC(=O)N1CCC(n2nc(-c3ccncc3Cl)n(-c3ccc(C(F)(F)F)cc3)c2=O)CC1. The lowest BCUT2D eigenvalue weighted by molar-refractivity contribution is -0.137. The predicted octanol–water partition coefficient (Wildman–Crippen LogP) is 4.73. The van der Waals surface area contributed by atoms with Gasteiger partial charge in [-0.2, -0.15) is 13.2 Å². The van der Waals surface area contributed by atoms with Crippen LogP contribution in [0.15, 0.2) is 47.5 Å². The second-order valence-electron chi connectivity index (χ2n) is 8.15. The number of alkyl halides is 3. The van der Waals surface area contributed by atoms with Crippen LogP contribution in [0.5, 0.6) is 0 Å². The van der Waals surface area contributed by atoms with Crippen LogP contribution in [0.2, 0.25) is 5.02 Å². The van der Waals surface area contributed by atoms with Gasteiger partial charge in [-0.3, -0.25) is 9.78 Å². The number of aromatic nitrogens is 4. The standard InChI is InChI=1S/C23H23ClF3N5O2/c1-2-3-20(33)30-12-9-17(10-13-30)32-22(34)31(16-6-4-15(5-7-16)23(25,26)27)21(29-32)18-8-11-28-14-19(18)24/h4-8,11,14,17H,2-3,9-10,12-13H2,1H3. The Balaban J connectivity index is 1.74. The number of hydrogen-bond acceptors (Lipinski definition) is 4. The average Bonchev–Trinajstić information content (AvgIpc) is 3.16. The van der Waals surface area contributed by atoms with E-state index >= 15 is 0 Å². The number of carbonyl (C=O) groups excluding carboxylic acids is 1. The fourth-order valence-corrected chi connectivity index (χ4v) is 4.32. The minimum atomic E-state index is -4.49. The van der Waals surface area contributed by atoms with Crippen molar-refractivity contribution in [2.45, 2.75) is 44.8 Å². The molecule has 0 N–H and O–H groups in total. The van der Waals surface area contributed by atoms with E-state index < -0.39 is 17.4 Å². The first-order valence-corrected chi connectivity index (χ1v) is 11.4. The van der Waals surface area contributed by atoms with E-state index in [-0.39, 0.29) is 28.5 Å². The Hall–Kier alpha value is -3.14. The normalized spacial score (nSPS) is 15.0. The summed E-state index contributed by atoms with van der Waals surface area (Å²) < 4.78 is 41.7. The average molecular weight is 494 g/mol. The number of pyridine rings is 1. The molecular weight excluding hydrogens is 471 g/mol. The first-order chi connectivity index (χ1) is 16.2. The molecule has 11 heteroatoms. The Morgan fingerprint density at radius 3 is 2.41 bits per heavy atom. The van der Waals surface area contributed by atoms with E-state index in [1.165, 1.54) is 33.8 Å². The molecule has 0 aliphatic carbocycles. The number of carbonyl (C=O) groups is 1. The van der Waals surface area contributed by atoms with Crippen molar-refractivity contribution in [2.24, 2.45) is 0 Å². The molecule has 0 radical (unpaired) electrons. The summed E-state index contributed by atoms with van der Waals surface area (Å²) in [5.41, 5.74) is -0.629. The molecule has 4 rings (SSSR count). The molecule has 180 valence electrons. The lowest BCUT2D eigenvalue weighted by Gasteiger charge is -2.31. The quantitative estimate of drug-likeness (QED) is 0.515. The van der Waals surface area contributed by atoms with Crippen molar-refractivity contribution in [3.8, 4) is 17.1 Å². The summed E-state index contributed by atoms with van der Waals surface area (Å²) in [6, 6.07) is 5.67. The Morgan fingerprint density at radius 1 is 1.15 bits per heavy atom. The summed E-state index contributed by atoms with van der Waals surface area (Å²) in [4.78, 5) is 31.4. The van der Waals surface area contributed by atoms with Crippen molar-refractivity contribution in [3.05, 3.63) is 63.8 Å². The molecule has 1 amide bonds. The Kier molecular flexibility index (Phi) is 6.79. The molecule has 1 fully saturated rings. The number of rotatable bonds is 5. The third-order valence-electron chi connectivity index (χ3n) is 5.89. The predicted molar refractivity (Wildman–Crippen MR) is 121 cm³/mol. The van der Waals surface area contributed by atoms with Gasteiger partial charge in [0.15, 0.2) is 5.82 Å². The molecule has 0 atom stereocenters. The van der Waals surface area contributed by atoms with Gasteiger partial charge in [-0.25, -0.2) is 14.0 Å². The third kappa shape index (κ3) is 4.72. The van der Waals surface area contributed by atoms with Gasteiger partial charge < -0.3 is 4.90 Å². The highest BCUT2D eigenvalue weighted by Gasteiger charge is 2.31. The maximum Gasteiger partial charge on any atom is 0.416 e. The van der Waals surface area contributed by atoms with Crippen molar-refractivity contribution in [1.29, 1.82) is 0 Å². The molecule has 7 nitrogen and oxygen atoms in total. The summed E-state index contributed by atoms with van der Waals surface area (Å²) in [7, 11) is 0. The highest BCUT2D eigenvalue weighted by atomic mass is 35.5. The third-order valence-corrected chi connectivity index (χ3v) is 6.20. The zero-order valence-corrected chi connectivity index (χ0v) is 19.2. The Labute approximate surface area is 198 Å². The van der Waals surface area contributed by atoms with Crippen molar-refractivity contribution in [1.82, 2.24) is 24.2 Å². The van der Waals surface area contributed by atoms with E-state index in [1.54, 1.807) is 11.0 Å². The number of benzene rings is 1. The number of halogens is 4. The molecule has 1 aliphatic rings. The van der Waals surface area contributed by atoms with Gasteiger partial charge in [0.2, 0.25) is 5.91 Å². The second-order valence-corrected chi connectivity index (χ2v) is 8.56. The minimum Gasteiger partial charge on any atom is -0.343 e. The van der Waals surface area contributed by atoms with Gasteiger partial charge in [-0.05, 0) is 49.6 Å². The van der Waals surface area contributed by atoms with Crippen LogP contribution >= 0.6 is 11.6 Å². The summed E-state index contributed by atoms with van der Waals surface area (Å²) in [5.74, 6) is 0.300. The zero-order chi connectivity index (χ0) is 24.5. The van der Waals surface area contributed by atoms with Gasteiger partial charge >= 0.3 is 11.9 Å². The van der Waals surface area contributed by atoms with Crippen LogP contribution in [0.1, 0.15) is 44.2 Å². The summed E-state index contributed by atoms with van der Waals surface area (Å²) >= 11 is 6.31. The molecule has 3 heterocycles. The molecule has 1 saturated heterocycles. The minimum absolute atomic E-state index is 0.0906. The van der Waals surface area contributed by atoms with Crippen LogP contribution in [0, 0.1) is 0 Å². The van der Waals surface area contributed by atoms with E-state index in [4.69, 9.17) is 11.6 Å². The van der Waals surface area contributed by atoms with Gasteiger partial charge in [0.05, 0.1) is 22.3 Å². The molecule has 1 aliphatic heterocycles. The fourth-order valence-electron chi connectivity index (χ4n) is 4.12. The first-order valence-electron chi connectivity index (χ1n) is 11.0. The molecule has 34 heavy (non-hydrogen) atoms. The smallest absolute Gasteiger partial charge is 0.343 e. The summed E-state index contributed by atoms with van der Waals surface area (Å²) in [6.07, 6.45) is 0.762. The summed E-state index contributed by atoms with van der Waals surface area (Å²) in [5, 5.41) is 4.80. The van der Waals surface area contributed by atoms with E-state index in [0.717, 1.165) is 18.6 Å². The molecule has 0 unspecified atom stereocenters. The van der Waals surface area contributed by atoms with Crippen molar-refractivity contribution in [3.63, 3.8) is 0 Å². The van der Waals surface area contributed by atoms with Crippen LogP contribution in [-0.2, 0) is 11.0 Å². The number of likely N-dealkylation sites (tertiary alicyclic amines) is 1. The highest BCUT2D eigenvalue weighted by Crippen LogP contribution is 2.32. The number of piperidine rings is 1. The second kappa shape index (κ2) is 9.61. The number of amides is 1. The zero-order valence-electron chi connectivity index (χ0n) is 18.4. The molecule has 2 aromatic heterocycles. The van der Waals surface area contributed by atoms with Gasteiger partial charge in [0.25, 0.3) is 0 Å². The van der Waals surface area contributed by atoms with Crippen LogP contribution in [0.3, 0.4) is 0 Å². The topological polar surface area (TPSA) is 73.0 Å². The largest absolute Gasteiger partial charge is 0.416 e. The maximum absolute atomic E-state index is 13.5. The molecule has 1 aromatic carbocycles. The van der Waals surface area contributed by atoms with Crippen molar-refractivity contribution in [2.75, 3.05) is 13.1 Å². The van der Waals surface area contributed by atoms with E-state index in [0.29, 0.717) is 37.9 Å². The van der Waals surface area contributed by atoms with Crippen LogP contribution in [0.25, 0.3) is 17.1 Å². The highest BCUT2D eigenvalue weighted by molar-refractivity contribution is 6.33. The van der Waals surface area contributed by atoms with Crippen molar-refractivity contribution >= 4 is 17.5 Å². The maximum atomic E-state index is 13.5. The van der Waals surface area contributed by atoms with Crippen molar-refractivity contribution < 1.29 is 18.0 Å². The van der Waals surface area contributed by atoms with Gasteiger partial charge in [0.1, 0.15) is 0 Å². The van der Waals surface area contributed by atoms with Crippen LogP contribution in [0.4, 0.5) is 13.2 Å². The molecule has 3 aromatic rings. The van der Waals surface area contributed by atoms with E-state index in [1.807, 2.05) is 6.92 Å². The van der Waals surface area contributed by atoms with Crippen LogP contribution in [-0.4, -0.2) is 43.2 Å². The van der Waals surface area contributed by atoms with Crippen LogP contribution < -0.4 is 5.69 Å². The fraction of sp³-hybridized carbons (Fsp3) is 0.391. The number of nitrogens with zero attached hydrogens (tertiary/aromatic N) is 5. The molecule has 0 spiro atoms. The van der Waals surface area contributed by atoms with Gasteiger partial charge in [-0.1, -0.05) is 18.5 Å². The first kappa shape index (κ1) is 24.0. The van der Waals surface area contributed by atoms with E-state index in [9.17, 15) is 22.8 Å². The lowest BCUT2D eigenvalue weighted by Crippen LogP contribution is -2.41. The number of hydrogen-bond donors (Lipinski definition) is 0. The summed E-state index contributed by atoms with van der Waals surface area (Å²) in [6.45, 7) is 2.96. The van der Waals surface area contributed by atoms with Gasteiger partial charge in [0, 0.05) is 37.5 Å². The Morgan fingerprint density at radius 2 is 1.82 bits per heavy atom. The van der Waals surface area contributed by atoms with E-state index in [2.05, 4.69) is 10.1 Å². The monoisotopic (exact) mass is 493 g/mol. The molecule has 0 bridgehead atoms. The molecule has 0 saturated carbocycles. The van der Waals surface area contributed by atoms with Gasteiger partial charge in [-0.15, -0.1) is 5.10 Å². The molecular formula is C23H23ClF3N5O2.